The van der Waals surface area contributed by atoms with E-state index in [9.17, 15) is 19.2 Å². The lowest BCUT2D eigenvalue weighted by Gasteiger charge is -2.22. The number of rotatable bonds is 3. The van der Waals surface area contributed by atoms with Crippen LogP contribution in [0.15, 0.2) is 42.7 Å². The molecule has 4 rings (SSSR count). The summed E-state index contributed by atoms with van der Waals surface area (Å²) in [5, 5.41) is 0. The molecule has 0 aliphatic carbocycles. The number of imide groups is 1. The van der Waals surface area contributed by atoms with Gasteiger partial charge in [0.05, 0.1) is 11.1 Å². The first-order valence-electron chi connectivity index (χ1n) is 10.4. The standard InChI is InChI=1S/C23H24N4O4/c1-15(2)27-22(30)18-5-4-17(14-19(18)23(27)31)21(29)26-11-3-10-25(12-13-26)20(28)16-6-8-24-9-7-16/h4-9,14-15H,3,10-13H2,1-2H3. The summed E-state index contributed by atoms with van der Waals surface area (Å²) in [5.74, 6) is -0.972. The molecule has 1 aromatic heterocycles. The third kappa shape index (κ3) is 3.81. The third-order valence-electron chi connectivity index (χ3n) is 5.68. The van der Waals surface area contributed by atoms with Gasteiger partial charge in [-0.05, 0) is 50.6 Å². The van der Waals surface area contributed by atoms with E-state index in [2.05, 4.69) is 4.98 Å². The maximum absolute atomic E-state index is 13.1. The molecule has 0 atom stereocenters. The molecule has 1 saturated heterocycles. The van der Waals surface area contributed by atoms with Crippen molar-refractivity contribution >= 4 is 23.6 Å². The Balaban J connectivity index is 1.48. The average Bonchev–Trinajstić information content (AvgIpc) is 2.93. The highest BCUT2D eigenvalue weighted by atomic mass is 16.2. The highest BCUT2D eigenvalue weighted by Gasteiger charge is 2.37. The fraction of sp³-hybridized carbons (Fsp3) is 0.348. The van der Waals surface area contributed by atoms with Crippen molar-refractivity contribution in [3.05, 3.63) is 65.0 Å². The number of carbonyl (C=O) groups is 4. The minimum Gasteiger partial charge on any atom is -0.337 e. The van der Waals surface area contributed by atoms with Gasteiger partial charge in [0.2, 0.25) is 0 Å². The van der Waals surface area contributed by atoms with Gasteiger partial charge in [0, 0.05) is 55.7 Å². The summed E-state index contributed by atoms with van der Waals surface area (Å²) < 4.78 is 0. The molecule has 1 fully saturated rings. The number of carbonyl (C=O) groups excluding carboxylic acids is 4. The molecular formula is C23H24N4O4. The van der Waals surface area contributed by atoms with Crippen LogP contribution >= 0.6 is 0 Å². The summed E-state index contributed by atoms with van der Waals surface area (Å²) in [7, 11) is 0. The normalized spacial score (nSPS) is 16.5. The second-order valence-electron chi connectivity index (χ2n) is 8.01. The molecule has 8 heteroatoms. The summed E-state index contributed by atoms with van der Waals surface area (Å²) in [4.78, 5) is 59.5. The van der Waals surface area contributed by atoms with Crippen molar-refractivity contribution in [2.45, 2.75) is 26.3 Å². The minimum atomic E-state index is -0.366. The molecule has 160 valence electrons. The molecule has 2 aliphatic heterocycles. The monoisotopic (exact) mass is 420 g/mol. The van der Waals surface area contributed by atoms with Gasteiger partial charge in [-0.3, -0.25) is 29.1 Å². The number of benzene rings is 1. The predicted octanol–water partition coefficient (Wildman–Crippen LogP) is 2.07. The van der Waals surface area contributed by atoms with E-state index in [4.69, 9.17) is 0 Å². The van der Waals surface area contributed by atoms with Crippen LogP contribution in [-0.4, -0.2) is 75.5 Å². The SMILES string of the molecule is CC(C)N1C(=O)c2ccc(C(=O)N3CCCN(C(=O)c4ccncc4)CC3)cc2C1=O. The van der Waals surface area contributed by atoms with E-state index in [1.807, 2.05) is 0 Å². The van der Waals surface area contributed by atoms with Crippen LogP contribution in [0, 0.1) is 0 Å². The zero-order valence-electron chi connectivity index (χ0n) is 17.6. The third-order valence-corrected chi connectivity index (χ3v) is 5.68. The molecular weight excluding hydrogens is 396 g/mol. The topological polar surface area (TPSA) is 90.9 Å². The number of amides is 4. The van der Waals surface area contributed by atoms with Gasteiger partial charge in [-0.2, -0.15) is 0 Å². The van der Waals surface area contributed by atoms with E-state index in [0.717, 1.165) is 0 Å². The molecule has 8 nitrogen and oxygen atoms in total. The lowest BCUT2D eigenvalue weighted by Crippen LogP contribution is -2.37. The Kier molecular flexibility index (Phi) is 5.54. The summed E-state index contributed by atoms with van der Waals surface area (Å²) in [5.41, 5.74) is 1.56. The largest absolute Gasteiger partial charge is 0.337 e. The lowest BCUT2D eigenvalue weighted by molar-refractivity contribution is 0.0608. The number of aromatic nitrogens is 1. The van der Waals surface area contributed by atoms with Gasteiger partial charge in [0.1, 0.15) is 0 Å². The number of pyridine rings is 1. The van der Waals surface area contributed by atoms with Crippen molar-refractivity contribution in [3.8, 4) is 0 Å². The Labute approximate surface area is 180 Å². The fourth-order valence-electron chi connectivity index (χ4n) is 4.04. The first kappa shape index (κ1) is 20.7. The van der Waals surface area contributed by atoms with E-state index in [1.54, 1.807) is 60.3 Å². The number of fused-ring (bicyclic) bond motifs is 1. The van der Waals surface area contributed by atoms with Crippen LogP contribution in [0.25, 0.3) is 0 Å². The Morgan fingerprint density at radius 2 is 1.39 bits per heavy atom. The first-order chi connectivity index (χ1) is 14.9. The average molecular weight is 420 g/mol. The number of nitrogens with zero attached hydrogens (tertiary/aromatic N) is 4. The summed E-state index contributed by atoms with van der Waals surface area (Å²) in [6.45, 7) is 5.47. The highest BCUT2D eigenvalue weighted by molar-refractivity contribution is 6.22. The quantitative estimate of drug-likeness (QED) is 0.709. The first-order valence-corrected chi connectivity index (χ1v) is 10.4. The van der Waals surface area contributed by atoms with Gasteiger partial charge in [0.15, 0.2) is 0 Å². The molecule has 2 aromatic rings. The van der Waals surface area contributed by atoms with E-state index in [1.165, 1.54) is 11.0 Å². The smallest absolute Gasteiger partial charge is 0.261 e. The van der Waals surface area contributed by atoms with Crippen LogP contribution in [0.1, 0.15) is 61.7 Å². The number of hydrogen-bond acceptors (Lipinski definition) is 5. The van der Waals surface area contributed by atoms with E-state index < -0.39 is 0 Å². The molecule has 0 bridgehead atoms. The zero-order valence-corrected chi connectivity index (χ0v) is 17.6. The van der Waals surface area contributed by atoms with Crippen LogP contribution in [0.2, 0.25) is 0 Å². The molecule has 2 aliphatic rings. The number of hydrogen-bond donors (Lipinski definition) is 0. The van der Waals surface area contributed by atoms with Crippen molar-refractivity contribution in [2.75, 3.05) is 26.2 Å². The van der Waals surface area contributed by atoms with Crippen LogP contribution < -0.4 is 0 Å². The Bertz CT molecular complexity index is 1050. The van der Waals surface area contributed by atoms with Crippen molar-refractivity contribution in [1.29, 1.82) is 0 Å². The van der Waals surface area contributed by atoms with Crippen LogP contribution in [0.4, 0.5) is 0 Å². The second-order valence-corrected chi connectivity index (χ2v) is 8.01. The van der Waals surface area contributed by atoms with Crippen LogP contribution in [0.5, 0.6) is 0 Å². The van der Waals surface area contributed by atoms with Gasteiger partial charge < -0.3 is 9.80 Å². The van der Waals surface area contributed by atoms with E-state index in [-0.39, 0.29) is 35.2 Å². The van der Waals surface area contributed by atoms with Crippen LogP contribution in [0.3, 0.4) is 0 Å². The summed E-state index contributed by atoms with van der Waals surface area (Å²) in [6.07, 6.45) is 3.83. The lowest BCUT2D eigenvalue weighted by atomic mass is 10.0. The van der Waals surface area contributed by atoms with Crippen molar-refractivity contribution in [1.82, 2.24) is 19.7 Å². The maximum atomic E-state index is 13.1. The molecule has 3 heterocycles. The Morgan fingerprint density at radius 1 is 0.806 bits per heavy atom. The molecule has 4 amide bonds. The van der Waals surface area contributed by atoms with Crippen molar-refractivity contribution in [2.24, 2.45) is 0 Å². The second kappa shape index (κ2) is 8.29. The summed E-state index contributed by atoms with van der Waals surface area (Å²) in [6, 6.07) is 7.79. The maximum Gasteiger partial charge on any atom is 0.261 e. The van der Waals surface area contributed by atoms with Gasteiger partial charge in [0.25, 0.3) is 23.6 Å². The van der Waals surface area contributed by atoms with Gasteiger partial charge >= 0.3 is 0 Å². The molecule has 0 saturated carbocycles. The minimum absolute atomic E-state index is 0.0767. The molecule has 1 aromatic carbocycles. The van der Waals surface area contributed by atoms with Crippen molar-refractivity contribution in [3.63, 3.8) is 0 Å². The summed E-state index contributed by atoms with van der Waals surface area (Å²) >= 11 is 0. The van der Waals surface area contributed by atoms with Gasteiger partial charge in [-0.15, -0.1) is 0 Å². The fourth-order valence-corrected chi connectivity index (χ4v) is 4.04. The van der Waals surface area contributed by atoms with Gasteiger partial charge in [-0.25, -0.2) is 0 Å². The van der Waals surface area contributed by atoms with Crippen LogP contribution in [-0.2, 0) is 0 Å². The Morgan fingerprint density at radius 3 is 2.00 bits per heavy atom. The molecule has 31 heavy (non-hydrogen) atoms. The molecule has 0 N–H and O–H groups in total. The molecule has 0 unspecified atom stereocenters. The van der Waals surface area contributed by atoms with E-state index >= 15 is 0 Å². The Hall–Kier alpha value is -3.55. The van der Waals surface area contributed by atoms with Crippen molar-refractivity contribution < 1.29 is 19.2 Å². The van der Waals surface area contributed by atoms with Gasteiger partial charge in [-0.1, -0.05) is 0 Å². The molecule has 0 radical (unpaired) electrons. The molecule has 0 spiro atoms. The predicted molar refractivity (Wildman–Crippen MR) is 113 cm³/mol. The van der Waals surface area contributed by atoms with E-state index in [0.29, 0.717) is 49.3 Å². The zero-order chi connectivity index (χ0) is 22.1. The highest BCUT2D eigenvalue weighted by Crippen LogP contribution is 2.26.